The standard InChI is InChI=1S/C23H26N4O3.C20H21N3O2.CH4/c1-4-25-23(28)26-12-13-30-17-8-6-16(7-9-17)22-20(15-24)19-11-10-18(29-3)14-21(19)27(22)5-2;1-3-23-19-12-16(24-2)8-9-17(19)18(13-22)20(23)14-4-6-15(7-5-14)25-11-10-21;/h6-11,14H,4-5,12-13H2,1-3H3,(H2,25,26,28);4-9,12H,3,10-11,21H2,1-2H3;1H4. The Balaban J connectivity index is 0.000000248. The first-order valence-electron chi connectivity index (χ1n) is 18.2. The number of amides is 2. The van der Waals surface area contributed by atoms with Gasteiger partial charge in [0.05, 0.1) is 54.3 Å². The molecule has 0 spiro atoms. The van der Waals surface area contributed by atoms with E-state index in [0.29, 0.717) is 49.7 Å². The molecule has 292 valence electrons. The number of nitrogens with two attached hydrogens (primary N) is 1. The molecule has 56 heavy (non-hydrogen) atoms. The smallest absolute Gasteiger partial charge is 0.314 e. The number of nitrogens with one attached hydrogen (secondary N) is 2. The van der Waals surface area contributed by atoms with Gasteiger partial charge in [0.2, 0.25) is 0 Å². The average Bonchev–Trinajstić information content (AvgIpc) is 3.73. The topological polar surface area (TPSA) is 162 Å². The van der Waals surface area contributed by atoms with Gasteiger partial charge in [-0.2, -0.15) is 10.5 Å². The maximum atomic E-state index is 11.4. The first-order chi connectivity index (χ1) is 26.8. The number of aryl methyl sites for hydroxylation is 2. The molecule has 4 aromatic carbocycles. The summed E-state index contributed by atoms with van der Waals surface area (Å²) < 4.78 is 26.2. The number of urea groups is 1. The largest absolute Gasteiger partial charge is 0.497 e. The molecule has 6 rings (SSSR count). The Morgan fingerprint density at radius 2 is 1.09 bits per heavy atom. The minimum Gasteiger partial charge on any atom is -0.497 e. The second kappa shape index (κ2) is 20.2. The molecule has 0 aliphatic rings. The predicted octanol–water partition coefficient (Wildman–Crippen LogP) is 8.09. The highest BCUT2D eigenvalue weighted by Gasteiger charge is 2.20. The molecule has 2 heterocycles. The molecule has 0 saturated carbocycles. The van der Waals surface area contributed by atoms with Crippen molar-refractivity contribution in [3.63, 3.8) is 0 Å². The van der Waals surface area contributed by atoms with E-state index in [0.717, 1.165) is 74.7 Å². The van der Waals surface area contributed by atoms with Gasteiger partial charge in [-0.1, -0.05) is 7.43 Å². The van der Waals surface area contributed by atoms with Gasteiger partial charge in [-0.3, -0.25) is 0 Å². The van der Waals surface area contributed by atoms with Crippen LogP contribution in [0.3, 0.4) is 0 Å². The van der Waals surface area contributed by atoms with E-state index in [1.165, 1.54) is 0 Å². The number of hydrogen-bond acceptors (Lipinski definition) is 8. The number of carbonyl (C=O) groups is 1. The number of benzene rings is 4. The van der Waals surface area contributed by atoms with Gasteiger partial charge in [0.25, 0.3) is 0 Å². The zero-order chi connectivity index (χ0) is 39.3. The summed E-state index contributed by atoms with van der Waals surface area (Å²) >= 11 is 0. The van der Waals surface area contributed by atoms with Crippen LogP contribution in [0.25, 0.3) is 44.3 Å². The molecule has 0 atom stereocenters. The second-order valence-electron chi connectivity index (χ2n) is 12.2. The minimum absolute atomic E-state index is 0. The van der Waals surface area contributed by atoms with Crippen LogP contribution in [0.4, 0.5) is 4.79 Å². The summed E-state index contributed by atoms with van der Waals surface area (Å²) in [5.41, 5.74) is 12.5. The molecule has 0 aliphatic carbocycles. The van der Waals surface area contributed by atoms with Gasteiger partial charge < -0.3 is 44.4 Å². The Hall–Kier alpha value is -6.63. The van der Waals surface area contributed by atoms with E-state index in [9.17, 15) is 15.3 Å². The number of methoxy groups -OCH3 is 2. The zero-order valence-corrected chi connectivity index (χ0v) is 31.9. The van der Waals surface area contributed by atoms with Crippen molar-refractivity contribution >= 4 is 27.8 Å². The molecule has 2 amide bonds. The van der Waals surface area contributed by atoms with Crippen molar-refractivity contribution in [2.75, 3.05) is 47.1 Å². The number of rotatable bonds is 14. The van der Waals surface area contributed by atoms with E-state index < -0.39 is 0 Å². The zero-order valence-electron chi connectivity index (χ0n) is 31.9. The van der Waals surface area contributed by atoms with Crippen LogP contribution in [-0.2, 0) is 13.1 Å². The summed E-state index contributed by atoms with van der Waals surface area (Å²) in [6.07, 6.45) is 0. The maximum absolute atomic E-state index is 11.4. The molecule has 4 N–H and O–H groups in total. The Morgan fingerprint density at radius 1 is 0.661 bits per heavy atom. The summed E-state index contributed by atoms with van der Waals surface area (Å²) in [5.74, 6) is 3.02. The van der Waals surface area contributed by atoms with Gasteiger partial charge in [0.15, 0.2) is 0 Å². The third-order valence-electron chi connectivity index (χ3n) is 9.04. The third-order valence-corrected chi connectivity index (χ3v) is 9.04. The lowest BCUT2D eigenvalue weighted by Gasteiger charge is -2.11. The monoisotopic (exact) mass is 757 g/mol. The quantitative estimate of drug-likeness (QED) is 0.0940. The summed E-state index contributed by atoms with van der Waals surface area (Å²) in [4.78, 5) is 11.4. The number of nitriles is 2. The lowest BCUT2D eigenvalue weighted by molar-refractivity contribution is 0.237. The van der Waals surface area contributed by atoms with E-state index in [2.05, 4.69) is 45.8 Å². The molecule has 2 aromatic heterocycles. The number of fused-ring (bicyclic) bond motifs is 2. The van der Waals surface area contributed by atoms with Crippen LogP contribution in [0.1, 0.15) is 39.3 Å². The maximum Gasteiger partial charge on any atom is 0.314 e. The molecular weight excluding hydrogens is 707 g/mol. The number of ether oxygens (including phenoxy) is 4. The van der Waals surface area contributed by atoms with Crippen molar-refractivity contribution in [1.82, 2.24) is 19.8 Å². The van der Waals surface area contributed by atoms with Gasteiger partial charge in [0.1, 0.15) is 48.4 Å². The van der Waals surface area contributed by atoms with Crippen LogP contribution in [0.5, 0.6) is 23.0 Å². The van der Waals surface area contributed by atoms with Gasteiger partial charge in [-0.25, -0.2) is 4.79 Å². The first kappa shape index (κ1) is 42.1. The number of hydrogen-bond donors (Lipinski definition) is 3. The molecule has 0 aliphatic heterocycles. The highest BCUT2D eigenvalue weighted by Crippen LogP contribution is 2.37. The Kier molecular flexibility index (Phi) is 15.2. The van der Waals surface area contributed by atoms with Crippen LogP contribution < -0.4 is 35.3 Å². The molecule has 0 unspecified atom stereocenters. The fourth-order valence-electron chi connectivity index (χ4n) is 6.55. The molecule has 0 fully saturated rings. The molecule has 0 bridgehead atoms. The number of aromatic nitrogens is 2. The number of carbonyl (C=O) groups excluding carboxylic acids is 1. The van der Waals surface area contributed by atoms with E-state index in [1.807, 2.05) is 91.9 Å². The van der Waals surface area contributed by atoms with Crippen LogP contribution >= 0.6 is 0 Å². The third kappa shape index (κ3) is 9.17. The molecule has 6 aromatic rings. The normalized spacial score (nSPS) is 10.4. The summed E-state index contributed by atoms with van der Waals surface area (Å²) in [7, 11) is 3.28. The van der Waals surface area contributed by atoms with Crippen LogP contribution in [-0.4, -0.2) is 62.2 Å². The summed E-state index contributed by atoms with van der Waals surface area (Å²) in [6, 6.07) is 31.5. The van der Waals surface area contributed by atoms with E-state index in [1.54, 1.807) is 14.2 Å². The molecule has 0 saturated heterocycles. The van der Waals surface area contributed by atoms with Crippen molar-refractivity contribution in [3.8, 4) is 57.7 Å². The second-order valence-corrected chi connectivity index (χ2v) is 12.2. The van der Waals surface area contributed by atoms with E-state index >= 15 is 0 Å². The van der Waals surface area contributed by atoms with Crippen LogP contribution in [0.15, 0.2) is 84.9 Å². The van der Waals surface area contributed by atoms with E-state index in [-0.39, 0.29) is 13.5 Å². The molecular formula is C44H51N7O5. The van der Waals surface area contributed by atoms with Gasteiger partial charge in [-0.15, -0.1) is 0 Å². The molecule has 12 heteroatoms. The van der Waals surface area contributed by atoms with Crippen molar-refractivity contribution in [2.45, 2.75) is 41.3 Å². The average molecular weight is 758 g/mol. The van der Waals surface area contributed by atoms with E-state index in [4.69, 9.17) is 24.7 Å². The molecule has 12 nitrogen and oxygen atoms in total. The molecule has 0 radical (unpaired) electrons. The Labute approximate surface area is 328 Å². The fourth-order valence-corrected chi connectivity index (χ4v) is 6.55. The van der Waals surface area contributed by atoms with Crippen molar-refractivity contribution in [1.29, 1.82) is 10.5 Å². The van der Waals surface area contributed by atoms with Crippen molar-refractivity contribution in [2.24, 2.45) is 5.73 Å². The van der Waals surface area contributed by atoms with Crippen LogP contribution in [0, 0.1) is 22.7 Å². The van der Waals surface area contributed by atoms with Crippen molar-refractivity contribution < 1.29 is 23.7 Å². The Morgan fingerprint density at radius 3 is 1.46 bits per heavy atom. The predicted molar refractivity (Wildman–Crippen MR) is 222 cm³/mol. The fraction of sp³-hybridized carbons (Fsp3) is 0.295. The minimum atomic E-state index is -0.204. The SMILES string of the molecule is C.CCNC(=O)NCCOc1ccc(-c2c(C#N)c3ccc(OC)cc3n2CC)cc1.CCn1c(-c2ccc(OCCN)cc2)c(C#N)c2ccc(OC)cc21. The highest BCUT2D eigenvalue weighted by molar-refractivity contribution is 5.96. The lowest BCUT2D eigenvalue weighted by Crippen LogP contribution is -2.37. The lowest BCUT2D eigenvalue weighted by atomic mass is 10.1. The summed E-state index contributed by atoms with van der Waals surface area (Å²) in [6.45, 7) is 9.81. The van der Waals surface area contributed by atoms with Gasteiger partial charge >= 0.3 is 6.03 Å². The van der Waals surface area contributed by atoms with Gasteiger partial charge in [0, 0.05) is 49.1 Å². The first-order valence-corrected chi connectivity index (χ1v) is 18.2. The van der Waals surface area contributed by atoms with Crippen LogP contribution in [0.2, 0.25) is 0 Å². The van der Waals surface area contributed by atoms with Crippen molar-refractivity contribution in [3.05, 3.63) is 96.1 Å². The van der Waals surface area contributed by atoms with Gasteiger partial charge in [-0.05, 0) is 105 Å². The summed E-state index contributed by atoms with van der Waals surface area (Å²) in [5, 5.41) is 26.8. The Bertz CT molecular complexity index is 2310. The highest BCUT2D eigenvalue weighted by atomic mass is 16.5. The number of nitrogens with zero attached hydrogens (tertiary/aromatic N) is 4.